The van der Waals surface area contributed by atoms with Crippen molar-refractivity contribution in [3.63, 3.8) is 0 Å². The van der Waals surface area contributed by atoms with Crippen LogP contribution in [0.25, 0.3) is 16.6 Å². The number of aromatic nitrogens is 2. The van der Waals surface area contributed by atoms with E-state index in [1.54, 1.807) is 34.9 Å². The Labute approximate surface area is 224 Å². The van der Waals surface area contributed by atoms with Gasteiger partial charge in [0, 0.05) is 16.6 Å². The zero-order valence-electron chi connectivity index (χ0n) is 20.9. The molecule has 4 atom stereocenters. The smallest absolute Gasteiger partial charge is 0.266 e. The second kappa shape index (κ2) is 8.09. The van der Waals surface area contributed by atoms with Gasteiger partial charge in [-0.25, -0.2) is 9.88 Å². The molecule has 2 unspecified atom stereocenters. The summed E-state index contributed by atoms with van der Waals surface area (Å²) in [7, 11) is 0. The van der Waals surface area contributed by atoms with Crippen molar-refractivity contribution < 1.29 is 9.59 Å². The quantitative estimate of drug-likeness (QED) is 0.401. The van der Waals surface area contributed by atoms with Crippen molar-refractivity contribution in [1.82, 2.24) is 14.9 Å². The van der Waals surface area contributed by atoms with E-state index in [2.05, 4.69) is 19.2 Å². The molecule has 1 N–H and O–H groups in total. The van der Waals surface area contributed by atoms with E-state index in [1.165, 1.54) is 4.90 Å². The van der Waals surface area contributed by atoms with Gasteiger partial charge in [-0.2, -0.15) is 0 Å². The Bertz CT molecular complexity index is 1730. The number of nitrogens with one attached hydrogen (secondary N) is 1. The Morgan fingerprint density at radius 1 is 0.974 bits per heavy atom. The molecule has 2 saturated heterocycles. The molecule has 190 valence electrons. The summed E-state index contributed by atoms with van der Waals surface area (Å²) >= 11 is 6.25. The molecule has 38 heavy (non-hydrogen) atoms. The van der Waals surface area contributed by atoms with E-state index in [4.69, 9.17) is 16.6 Å². The van der Waals surface area contributed by atoms with E-state index in [1.807, 2.05) is 42.5 Å². The lowest BCUT2D eigenvalue weighted by Crippen LogP contribution is -2.50. The standard InChI is InChI=1S/C30H25ClN4O3/c1-16(2)14-22-24-25(28(38)34(27(24)37)18-9-7-8-17(31)15-18)30(33-22)20-11-4-6-13-23(20)35-26(36)19-10-3-5-12-21(19)32-29(30)35/h3-13,15-16,22,24-25,33H,14H2,1-2H3/t22?,24-,25+,30?/m0/s1. The van der Waals surface area contributed by atoms with Gasteiger partial charge < -0.3 is 0 Å². The number of para-hydroxylation sites is 2. The van der Waals surface area contributed by atoms with Gasteiger partial charge in [-0.15, -0.1) is 0 Å². The van der Waals surface area contributed by atoms with Crippen LogP contribution in [0, 0.1) is 17.8 Å². The fourth-order valence-electron chi connectivity index (χ4n) is 6.80. The molecule has 3 aliphatic rings. The molecule has 2 amide bonds. The van der Waals surface area contributed by atoms with E-state index in [-0.39, 0.29) is 29.3 Å². The van der Waals surface area contributed by atoms with Gasteiger partial charge in [-0.05, 0) is 48.7 Å². The Morgan fingerprint density at radius 3 is 2.53 bits per heavy atom. The monoisotopic (exact) mass is 524 g/mol. The third-order valence-electron chi connectivity index (χ3n) is 8.15. The van der Waals surface area contributed by atoms with E-state index < -0.39 is 17.4 Å². The zero-order chi connectivity index (χ0) is 26.3. The van der Waals surface area contributed by atoms with Crippen LogP contribution in [0.15, 0.2) is 77.6 Å². The van der Waals surface area contributed by atoms with Crippen molar-refractivity contribution in [2.45, 2.75) is 31.8 Å². The third kappa shape index (κ3) is 2.94. The molecule has 3 aliphatic heterocycles. The molecule has 4 aromatic rings. The maximum atomic E-state index is 14.4. The average Bonchev–Trinajstić information content (AvgIpc) is 3.47. The van der Waals surface area contributed by atoms with E-state index in [9.17, 15) is 14.4 Å². The van der Waals surface area contributed by atoms with Crippen LogP contribution in [-0.4, -0.2) is 27.4 Å². The van der Waals surface area contributed by atoms with Crippen LogP contribution in [-0.2, 0) is 15.1 Å². The molecule has 3 aromatic carbocycles. The maximum Gasteiger partial charge on any atom is 0.266 e. The van der Waals surface area contributed by atoms with Crippen molar-refractivity contribution in [3.8, 4) is 5.69 Å². The number of amides is 2. The van der Waals surface area contributed by atoms with Gasteiger partial charge in [-0.3, -0.25) is 24.3 Å². The highest BCUT2D eigenvalue weighted by molar-refractivity contribution is 6.31. The van der Waals surface area contributed by atoms with Crippen molar-refractivity contribution in [3.05, 3.63) is 99.6 Å². The fraction of sp³-hybridized carbons (Fsp3) is 0.267. The number of nitrogens with zero attached hydrogens (tertiary/aromatic N) is 3. The second-order valence-electron chi connectivity index (χ2n) is 10.8. The minimum Gasteiger partial charge on any atom is -0.297 e. The number of carbonyl (C=O) groups excluding carboxylic acids is 2. The van der Waals surface area contributed by atoms with Crippen molar-refractivity contribution >= 4 is 40.0 Å². The normalized spacial score (nSPS) is 25.5. The van der Waals surface area contributed by atoms with Crippen molar-refractivity contribution in [2.75, 3.05) is 4.90 Å². The van der Waals surface area contributed by atoms with E-state index in [0.29, 0.717) is 39.5 Å². The number of hydrogen-bond acceptors (Lipinski definition) is 5. The van der Waals surface area contributed by atoms with E-state index in [0.717, 1.165) is 5.56 Å². The number of carbonyl (C=O) groups is 2. The van der Waals surface area contributed by atoms with Crippen LogP contribution in [0.3, 0.4) is 0 Å². The number of rotatable bonds is 3. The van der Waals surface area contributed by atoms with Gasteiger partial charge in [0.2, 0.25) is 11.8 Å². The van der Waals surface area contributed by atoms with Gasteiger partial charge in [-0.1, -0.05) is 61.8 Å². The Hall–Kier alpha value is -3.81. The third-order valence-corrected chi connectivity index (χ3v) is 8.39. The Kier molecular flexibility index (Phi) is 4.97. The molecule has 7 rings (SSSR count). The minimum atomic E-state index is -1.13. The highest BCUT2D eigenvalue weighted by Crippen LogP contribution is 2.56. The minimum absolute atomic E-state index is 0.191. The molecular formula is C30H25ClN4O3. The fourth-order valence-corrected chi connectivity index (χ4v) is 6.98. The summed E-state index contributed by atoms with van der Waals surface area (Å²) in [5.41, 5.74) is 1.16. The second-order valence-corrected chi connectivity index (χ2v) is 11.2. The number of hydrogen-bond donors (Lipinski definition) is 1. The van der Waals surface area contributed by atoms with Crippen LogP contribution in [0.5, 0.6) is 0 Å². The summed E-state index contributed by atoms with van der Waals surface area (Å²) in [6.45, 7) is 4.20. The molecule has 0 bridgehead atoms. The molecule has 0 aliphatic carbocycles. The number of fused-ring (bicyclic) bond motifs is 8. The first-order valence-electron chi connectivity index (χ1n) is 12.9. The molecule has 0 saturated carbocycles. The summed E-state index contributed by atoms with van der Waals surface area (Å²) in [6, 6.07) is 21.4. The lowest BCUT2D eigenvalue weighted by molar-refractivity contribution is -0.123. The predicted molar refractivity (Wildman–Crippen MR) is 145 cm³/mol. The summed E-state index contributed by atoms with van der Waals surface area (Å²) < 4.78 is 1.62. The van der Waals surface area contributed by atoms with Gasteiger partial charge >= 0.3 is 0 Å². The van der Waals surface area contributed by atoms with Gasteiger partial charge in [0.05, 0.1) is 34.1 Å². The van der Waals surface area contributed by atoms with Crippen LogP contribution in [0.1, 0.15) is 31.7 Å². The number of benzene rings is 3. The van der Waals surface area contributed by atoms with Crippen molar-refractivity contribution in [1.29, 1.82) is 0 Å². The molecule has 8 heteroatoms. The summed E-state index contributed by atoms with van der Waals surface area (Å²) in [5, 5.41) is 4.68. The summed E-state index contributed by atoms with van der Waals surface area (Å²) in [5.74, 6) is -1.23. The topological polar surface area (TPSA) is 84.3 Å². The van der Waals surface area contributed by atoms with Gasteiger partial charge in [0.15, 0.2) is 0 Å². The van der Waals surface area contributed by atoms with Crippen LogP contribution in [0.4, 0.5) is 5.69 Å². The molecule has 1 spiro atoms. The molecular weight excluding hydrogens is 500 g/mol. The number of imide groups is 1. The molecule has 0 radical (unpaired) electrons. The SMILES string of the molecule is CC(C)CC1NC2(c3ccccc3-n3c2nc2ccccc2c3=O)[C@H]2C(=O)N(c3cccc(Cl)c3)C(=O)[C@@H]12. The summed E-state index contributed by atoms with van der Waals surface area (Å²) in [6.07, 6.45) is 0.686. The van der Waals surface area contributed by atoms with E-state index >= 15 is 0 Å². The first-order chi connectivity index (χ1) is 18.3. The Morgan fingerprint density at radius 2 is 1.74 bits per heavy atom. The average molecular weight is 525 g/mol. The van der Waals surface area contributed by atoms with Crippen LogP contribution >= 0.6 is 11.6 Å². The first-order valence-corrected chi connectivity index (χ1v) is 13.2. The molecule has 2 fully saturated rings. The maximum absolute atomic E-state index is 14.4. The van der Waals surface area contributed by atoms with Crippen LogP contribution < -0.4 is 15.8 Å². The lowest BCUT2D eigenvalue weighted by Gasteiger charge is -2.32. The summed E-state index contributed by atoms with van der Waals surface area (Å²) in [4.78, 5) is 48.6. The highest BCUT2D eigenvalue weighted by atomic mass is 35.5. The number of anilines is 1. The molecule has 4 heterocycles. The van der Waals surface area contributed by atoms with Gasteiger partial charge in [0.25, 0.3) is 5.56 Å². The van der Waals surface area contributed by atoms with Crippen molar-refractivity contribution in [2.24, 2.45) is 17.8 Å². The largest absolute Gasteiger partial charge is 0.297 e. The Balaban J connectivity index is 1.52. The zero-order valence-corrected chi connectivity index (χ0v) is 21.6. The first kappa shape index (κ1) is 23.3. The lowest BCUT2D eigenvalue weighted by atomic mass is 9.75. The van der Waals surface area contributed by atoms with Crippen LogP contribution in [0.2, 0.25) is 5.02 Å². The molecule has 7 nitrogen and oxygen atoms in total. The molecule has 1 aromatic heterocycles. The highest BCUT2D eigenvalue weighted by Gasteiger charge is 2.69. The predicted octanol–water partition coefficient (Wildman–Crippen LogP) is 4.42. The van der Waals surface area contributed by atoms with Gasteiger partial charge in [0.1, 0.15) is 11.4 Å². The number of halogens is 1.